The summed E-state index contributed by atoms with van der Waals surface area (Å²) in [6.07, 6.45) is 13.5. The number of benzene rings is 2. The third-order valence-electron chi connectivity index (χ3n) is 6.88. The Labute approximate surface area is 224 Å². The molecule has 0 saturated carbocycles. The fourth-order valence-corrected chi connectivity index (χ4v) is 5.16. The van der Waals surface area contributed by atoms with Gasteiger partial charge in [-0.15, -0.1) is 0 Å². The molecule has 0 fully saturated rings. The Hall–Kier alpha value is -5.25. The van der Waals surface area contributed by atoms with Gasteiger partial charge in [-0.2, -0.15) is 15.1 Å². The molecule has 7 rings (SSSR count). The van der Waals surface area contributed by atoms with Gasteiger partial charge in [0.1, 0.15) is 23.7 Å². The molecule has 190 valence electrons. The molecule has 0 spiro atoms. The standard InChI is InChI=1S/C29H24N10/c1-19-25(20(2)39(34-19)22-8-6-5-7-9-22)21-14-23(37-17-35(3)26-28(37)32-12-10-30-26)16-24(15-21)38-18-36(4)27-29(38)33-13-11-31-27/h5-16H,1-4H3. The van der Waals surface area contributed by atoms with Crippen LogP contribution >= 0.6 is 0 Å². The number of imidazole rings is 2. The molecule has 0 aliphatic carbocycles. The summed E-state index contributed by atoms with van der Waals surface area (Å²) in [6.45, 7) is 4.14. The molecule has 0 radical (unpaired) electrons. The maximum Gasteiger partial charge on any atom is 0.205 e. The highest BCUT2D eigenvalue weighted by atomic mass is 15.3. The van der Waals surface area contributed by atoms with E-state index in [0.717, 1.165) is 50.9 Å². The van der Waals surface area contributed by atoms with E-state index in [-0.39, 0.29) is 0 Å². The average molecular weight is 513 g/mol. The first-order valence-electron chi connectivity index (χ1n) is 12.5. The maximum absolute atomic E-state index is 4.90. The number of para-hydroxylation sites is 1. The predicted molar refractivity (Wildman–Crippen MR) is 143 cm³/mol. The SMILES string of the molecule is Cc1nn(-c2ccccc2)c(C)c1-c1cc(-n2[c-][n+](C)c3nccnc32)cc(-n2[c-][n+](C)c3nccnc32)c1. The smallest absolute Gasteiger partial charge is 0.205 e. The van der Waals surface area contributed by atoms with Crippen molar-refractivity contribution in [2.24, 2.45) is 14.1 Å². The predicted octanol–water partition coefficient (Wildman–Crippen LogP) is 2.87. The lowest BCUT2D eigenvalue weighted by molar-refractivity contribution is -0.651. The second-order valence-corrected chi connectivity index (χ2v) is 9.43. The monoisotopic (exact) mass is 512 g/mol. The Morgan fingerprint density at radius 2 is 1.21 bits per heavy atom. The van der Waals surface area contributed by atoms with Crippen LogP contribution in [-0.4, -0.2) is 38.9 Å². The number of nitrogens with zero attached hydrogens (tertiary/aromatic N) is 10. The number of aryl methyl sites for hydroxylation is 3. The molecular weight excluding hydrogens is 488 g/mol. The molecule has 0 amide bonds. The van der Waals surface area contributed by atoms with Gasteiger partial charge in [-0.25, -0.2) is 4.68 Å². The van der Waals surface area contributed by atoms with Crippen molar-refractivity contribution in [1.82, 2.24) is 38.9 Å². The molecule has 0 bridgehead atoms. The van der Waals surface area contributed by atoms with E-state index in [1.807, 2.05) is 62.2 Å². The summed E-state index contributed by atoms with van der Waals surface area (Å²) in [5.74, 6) is 0. The Morgan fingerprint density at radius 3 is 1.77 bits per heavy atom. The van der Waals surface area contributed by atoms with Crippen LogP contribution in [0.15, 0.2) is 73.3 Å². The molecule has 10 heteroatoms. The lowest BCUT2D eigenvalue weighted by atomic mass is 10.0. The fraction of sp³-hybridized carbons (Fsp3) is 0.138. The number of rotatable bonds is 4. The van der Waals surface area contributed by atoms with E-state index < -0.39 is 0 Å². The highest BCUT2D eigenvalue weighted by Gasteiger charge is 2.18. The molecule has 5 heterocycles. The van der Waals surface area contributed by atoms with Gasteiger partial charge in [-0.3, -0.25) is 9.97 Å². The first-order valence-corrected chi connectivity index (χ1v) is 12.5. The van der Waals surface area contributed by atoms with Crippen LogP contribution in [0, 0.1) is 26.5 Å². The molecule has 10 nitrogen and oxygen atoms in total. The minimum Gasteiger partial charge on any atom is -0.337 e. The molecule has 0 unspecified atom stereocenters. The molecular formula is C29H24N10. The lowest BCUT2D eigenvalue weighted by Crippen LogP contribution is -2.27. The average Bonchev–Trinajstić information content (AvgIpc) is 3.59. The summed E-state index contributed by atoms with van der Waals surface area (Å²) in [4.78, 5) is 18.2. The topological polar surface area (TPSA) is 87.0 Å². The zero-order chi connectivity index (χ0) is 26.7. The minimum atomic E-state index is 0.711. The van der Waals surface area contributed by atoms with Crippen molar-refractivity contribution >= 4 is 22.6 Å². The van der Waals surface area contributed by atoms with Gasteiger partial charge in [0.2, 0.25) is 11.3 Å². The fourth-order valence-electron chi connectivity index (χ4n) is 5.16. The molecule has 5 aromatic heterocycles. The van der Waals surface area contributed by atoms with Gasteiger partial charge in [0.15, 0.2) is 12.7 Å². The van der Waals surface area contributed by atoms with E-state index in [9.17, 15) is 0 Å². The highest BCUT2D eigenvalue weighted by Crippen LogP contribution is 2.33. The number of aromatic nitrogens is 10. The van der Waals surface area contributed by atoms with Gasteiger partial charge in [0.05, 0.1) is 23.8 Å². The van der Waals surface area contributed by atoms with Crippen LogP contribution in [0.25, 0.3) is 50.8 Å². The van der Waals surface area contributed by atoms with Crippen LogP contribution in [0.2, 0.25) is 0 Å². The van der Waals surface area contributed by atoms with E-state index in [2.05, 4.69) is 69.8 Å². The van der Waals surface area contributed by atoms with Crippen molar-refractivity contribution in [1.29, 1.82) is 0 Å². The third-order valence-corrected chi connectivity index (χ3v) is 6.88. The van der Waals surface area contributed by atoms with Crippen molar-refractivity contribution < 1.29 is 9.13 Å². The second kappa shape index (κ2) is 8.66. The van der Waals surface area contributed by atoms with Crippen LogP contribution in [0.4, 0.5) is 0 Å². The van der Waals surface area contributed by atoms with Gasteiger partial charge < -0.3 is 18.3 Å². The van der Waals surface area contributed by atoms with E-state index in [1.165, 1.54) is 0 Å². The molecule has 0 saturated heterocycles. The Morgan fingerprint density at radius 1 is 0.667 bits per heavy atom. The van der Waals surface area contributed by atoms with Crippen molar-refractivity contribution in [3.63, 3.8) is 0 Å². The van der Waals surface area contributed by atoms with E-state index >= 15 is 0 Å². The maximum atomic E-state index is 4.90. The Balaban J connectivity index is 1.51. The zero-order valence-electron chi connectivity index (χ0n) is 21.9. The second-order valence-electron chi connectivity index (χ2n) is 9.43. The zero-order valence-corrected chi connectivity index (χ0v) is 21.9. The largest absolute Gasteiger partial charge is 0.337 e. The van der Waals surface area contributed by atoms with E-state index in [1.54, 1.807) is 24.8 Å². The Bertz CT molecular complexity index is 1920. The molecule has 0 atom stereocenters. The van der Waals surface area contributed by atoms with Gasteiger partial charge in [-0.1, -0.05) is 36.4 Å². The van der Waals surface area contributed by atoms with E-state index in [4.69, 9.17) is 5.10 Å². The van der Waals surface area contributed by atoms with Crippen molar-refractivity contribution in [2.75, 3.05) is 0 Å². The van der Waals surface area contributed by atoms with Crippen LogP contribution in [0.5, 0.6) is 0 Å². The third kappa shape index (κ3) is 3.60. The van der Waals surface area contributed by atoms with E-state index in [0.29, 0.717) is 11.3 Å². The van der Waals surface area contributed by atoms with Crippen LogP contribution in [0.3, 0.4) is 0 Å². The number of hydrogen-bond donors (Lipinski definition) is 0. The normalized spacial score (nSPS) is 11.6. The summed E-state index contributed by atoms with van der Waals surface area (Å²) in [6, 6.07) is 16.5. The highest BCUT2D eigenvalue weighted by molar-refractivity contribution is 5.76. The molecule has 7 aromatic rings. The first kappa shape index (κ1) is 22.9. The minimum absolute atomic E-state index is 0.711. The first-order chi connectivity index (χ1) is 19.0. The van der Waals surface area contributed by atoms with Gasteiger partial charge >= 0.3 is 0 Å². The summed E-state index contributed by atoms with van der Waals surface area (Å²) < 4.78 is 9.54. The molecule has 2 aromatic carbocycles. The van der Waals surface area contributed by atoms with Crippen LogP contribution in [-0.2, 0) is 14.1 Å². The number of hydrogen-bond acceptors (Lipinski definition) is 5. The van der Waals surface area contributed by atoms with Crippen molar-refractivity contribution in [3.05, 3.63) is 97.4 Å². The summed E-state index contributed by atoms with van der Waals surface area (Å²) in [5.41, 5.74) is 9.70. The van der Waals surface area contributed by atoms with Gasteiger partial charge in [-0.05, 0) is 31.5 Å². The molecule has 0 aliphatic heterocycles. The Kier molecular flexibility index (Phi) is 5.09. The summed E-state index contributed by atoms with van der Waals surface area (Å²) in [7, 11) is 3.83. The summed E-state index contributed by atoms with van der Waals surface area (Å²) in [5, 5.41) is 4.90. The molecule has 0 N–H and O–H groups in total. The summed E-state index contributed by atoms with van der Waals surface area (Å²) >= 11 is 0. The van der Waals surface area contributed by atoms with Crippen LogP contribution < -0.4 is 9.13 Å². The van der Waals surface area contributed by atoms with Crippen LogP contribution in [0.1, 0.15) is 11.4 Å². The lowest BCUT2D eigenvalue weighted by Gasteiger charge is -2.16. The number of fused-ring (bicyclic) bond motifs is 2. The van der Waals surface area contributed by atoms with Gasteiger partial charge in [0, 0.05) is 36.7 Å². The van der Waals surface area contributed by atoms with Gasteiger partial charge in [0.25, 0.3) is 0 Å². The molecule has 0 aliphatic rings. The van der Waals surface area contributed by atoms with Crippen molar-refractivity contribution in [3.8, 4) is 28.2 Å². The molecule has 39 heavy (non-hydrogen) atoms. The van der Waals surface area contributed by atoms with Crippen molar-refractivity contribution in [2.45, 2.75) is 13.8 Å². The quantitative estimate of drug-likeness (QED) is 0.267.